The van der Waals surface area contributed by atoms with Crippen LogP contribution in [0.1, 0.15) is 39.5 Å². The van der Waals surface area contributed by atoms with E-state index in [0.29, 0.717) is 25.9 Å². The highest BCUT2D eigenvalue weighted by molar-refractivity contribution is 5.90. The van der Waals surface area contributed by atoms with Gasteiger partial charge in [0.05, 0.1) is 0 Å². The number of urea groups is 1. The van der Waals surface area contributed by atoms with Crippen LogP contribution in [0.15, 0.2) is 12.1 Å². The molecule has 1 aromatic rings. The molecular formula is C17H25F2N3O2. The van der Waals surface area contributed by atoms with Crippen molar-refractivity contribution in [3.8, 4) is 0 Å². The van der Waals surface area contributed by atoms with Gasteiger partial charge in [0, 0.05) is 30.9 Å². The summed E-state index contributed by atoms with van der Waals surface area (Å²) in [6, 6.07) is 1.71. The number of hydrogen-bond donors (Lipinski definition) is 3. The second-order valence-electron chi connectivity index (χ2n) is 6.45. The summed E-state index contributed by atoms with van der Waals surface area (Å²) < 4.78 is 28.5. The molecule has 0 bridgehead atoms. The zero-order valence-corrected chi connectivity index (χ0v) is 14.2. The third-order valence-corrected chi connectivity index (χ3v) is 4.56. The van der Waals surface area contributed by atoms with E-state index in [9.17, 15) is 13.6 Å². The largest absolute Gasteiger partial charge is 0.396 e. The van der Waals surface area contributed by atoms with E-state index < -0.39 is 23.2 Å². The molecule has 134 valence electrons. The lowest BCUT2D eigenvalue weighted by atomic mass is 9.95. The number of aliphatic hydroxyl groups is 1. The number of amides is 2. The van der Waals surface area contributed by atoms with Gasteiger partial charge in [-0.1, -0.05) is 6.92 Å². The van der Waals surface area contributed by atoms with Crippen molar-refractivity contribution in [1.29, 1.82) is 0 Å². The van der Waals surface area contributed by atoms with Gasteiger partial charge in [-0.2, -0.15) is 0 Å². The van der Waals surface area contributed by atoms with Crippen LogP contribution in [-0.4, -0.2) is 36.4 Å². The first-order valence-electron chi connectivity index (χ1n) is 8.32. The highest BCUT2D eigenvalue weighted by atomic mass is 19.1. The normalized spacial score (nSPS) is 16.8. The summed E-state index contributed by atoms with van der Waals surface area (Å²) in [7, 11) is 0. The van der Waals surface area contributed by atoms with Gasteiger partial charge in [-0.15, -0.1) is 0 Å². The van der Waals surface area contributed by atoms with Crippen LogP contribution in [0.2, 0.25) is 0 Å². The molecule has 1 fully saturated rings. The Hall–Kier alpha value is -1.89. The van der Waals surface area contributed by atoms with Gasteiger partial charge in [0.15, 0.2) is 11.6 Å². The van der Waals surface area contributed by atoms with Crippen molar-refractivity contribution in [1.82, 2.24) is 5.32 Å². The second-order valence-corrected chi connectivity index (χ2v) is 6.45. The number of hydrogen-bond acceptors (Lipinski definition) is 3. The van der Waals surface area contributed by atoms with Gasteiger partial charge < -0.3 is 20.6 Å². The SMILES string of the molecule is CCC(C)(CCO)NC(=O)Nc1cc(F)c(N2CCCC2)c(F)c1. The Morgan fingerprint density at radius 1 is 1.29 bits per heavy atom. The third kappa shape index (κ3) is 4.35. The summed E-state index contributed by atoms with van der Waals surface area (Å²) in [4.78, 5) is 13.8. The quantitative estimate of drug-likeness (QED) is 0.744. The molecule has 7 heteroatoms. The van der Waals surface area contributed by atoms with Crippen LogP contribution >= 0.6 is 0 Å². The number of nitrogens with one attached hydrogen (secondary N) is 2. The number of carbonyl (C=O) groups is 1. The van der Waals surface area contributed by atoms with Crippen molar-refractivity contribution in [2.75, 3.05) is 29.9 Å². The fourth-order valence-corrected chi connectivity index (χ4v) is 2.89. The smallest absolute Gasteiger partial charge is 0.319 e. The van der Waals surface area contributed by atoms with Crippen LogP contribution in [0.25, 0.3) is 0 Å². The maximum absolute atomic E-state index is 14.3. The third-order valence-electron chi connectivity index (χ3n) is 4.56. The van der Waals surface area contributed by atoms with Crippen LogP contribution in [0.5, 0.6) is 0 Å². The zero-order chi connectivity index (χ0) is 17.7. The number of aliphatic hydroxyl groups excluding tert-OH is 1. The Morgan fingerprint density at radius 3 is 2.38 bits per heavy atom. The standard InChI is InChI=1S/C17H25F2N3O2/c1-3-17(2,6-9-23)21-16(24)20-12-10-13(18)15(14(19)11-12)22-7-4-5-8-22/h10-11,23H,3-9H2,1-2H3,(H2,20,21,24). The molecule has 1 heterocycles. The molecule has 24 heavy (non-hydrogen) atoms. The molecule has 3 N–H and O–H groups in total. The Morgan fingerprint density at radius 2 is 1.88 bits per heavy atom. The maximum Gasteiger partial charge on any atom is 0.319 e. The van der Waals surface area contributed by atoms with Crippen LogP contribution < -0.4 is 15.5 Å². The molecule has 0 aromatic heterocycles. The van der Waals surface area contributed by atoms with Crippen molar-refractivity contribution < 1.29 is 18.7 Å². The average molecular weight is 341 g/mol. The fraction of sp³-hybridized carbons (Fsp3) is 0.588. The number of anilines is 2. The monoisotopic (exact) mass is 341 g/mol. The number of nitrogens with zero attached hydrogens (tertiary/aromatic N) is 1. The molecule has 0 aliphatic carbocycles. The summed E-state index contributed by atoms with van der Waals surface area (Å²) >= 11 is 0. The van der Waals surface area contributed by atoms with Gasteiger partial charge >= 0.3 is 6.03 Å². The Bertz CT molecular complexity index is 568. The topological polar surface area (TPSA) is 64.6 Å². The summed E-state index contributed by atoms with van der Waals surface area (Å²) in [6.45, 7) is 4.91. The lowest BCUT2D eigenvalue weighted by Crippen LogP contribution is -2.48. The Kier molecular flexibility index (Phi) is 5.99. The maximum atomic E-state index is 14.3. The van der Waals surface area contributed by atoms with Crippen molar-refractivity contribution in [2.24, 2.45) is 0 Å². The molecule has 2 amide bonds. The Balaban J connectivity index is 2.08. The predicted molar refractivity (Wildman–Crippen MR) is 90.4 cm³/mol. The molecule has 0 spiro atoms. The first kappa shape index (κ1) is 18.4. The number of benzene rings is 1. The average Bonchev–Trinajstić information content (AvgIpc) is 3.00. The lowest BCUT2D eigenvalue weighted by molar-refractivity contribution is 0.208. The first-order chi connectivity index (χ1) is 11.4. The predicted octanol–water partition coefficient (Wildman–Crippen LogP) is 3.24. The van der Waals surface area contributed by atoms with Crippen molar-refractivity contribution in [3.63, 3.8) is 0 Å². The number of halogens is 2. The summed E-state index contributed by atoms with van der Waals surface area (Å²) in [5, 5.41) is 14.3. The fourth-order valence-electron chi connectivity index (χ4n) is 2.89. The van der Waals surface area contributed by atoms with E-state index in [1.165, 1.54) is 0 Å². The second kappa shape index (κ2) is 7.79. The van der Waals surface area contributed by atoms with Crippen molar-refractivity contribution >= 4 is 17.4 Å². The van der Waals surface area contributed by atoms with E-state index in [1.807, 2.05) is 6.92 Å². The minimum atomic E-state index is -0.680. The summed E-state index contributed by atoms with van der Waals surface area (Å²) in [6.07, 6.45) is 2.86. The van der Waals surface area contributed by atoms with Gasteiger partial charge in [0.25, 0.3) is 0 Å². The molecular weight excluding hydrogens is 316 g/mol. The van der Waals surface area contributed by atoms with E-state index in [4.69, 9.17) is 5.11 Å². The van der Waals surface area contributed by atoms with E-state index in [2.05, 4.69) is 10.6 Å². The van der Waals surface area contributed by atoms with E-state index in [-0.39, 0.29) is 18.0 Å². The molecule has 1 unspecified atom stereocenters. The summed E-state index contributed by atoms with van der Waals surface area (Å²) in [5.74, 6) is -1.36. The van der Waals surface area contributed by atoms with Gasteiger partial charge in [0.2, 0.25) is 0 Å². The van der Waals surface area contributed by atoms with E-state index in [1.54, 1.807) is 11.8 Å². The van der Waals surface area contributed by atoms with Gasteiger partial charge in [-0.3, -0.25) is 0 Å². The first-order valence-corrected chi connectivity index (χ1v) is 8.32. The molecule has 2 rings (SSSR count). The van der Waals surface area contributed by atoms with Crippen LogP contribution in [0.3, 0.4) is 0 Å². The van der Waals surface area contributed by atoms with Gasteiger partial charge in [-0.25, -0.2) is 13.6 Å². The molecule has 1 atom stereocenters. The van der Waals surface area contributed by atoms with Crippen molar-refractivity contribution in [2.45, 2.75) is 45.1 Å². The molecule has 1 aromatic carbocycles. The molecule has 5 nitrogen and oxygen atoms in total. The van der Waals surface area contributed by atoms with Crippen LogP contribution in [0, 0.1) is 11.6 Å². The molecule has 1 aliphatic heterocycles. The molecule has 0 saturated carbocycles. The highest BCUT2D eigenvalue weighted by Crippen LogP contribution is 2.29. The number of carbonyl (C=O) groups excluding carboxylic acids is 1. The van der Waals surface area contributed by atoms with Crippen LogP contribution in [0.4, 0.5) is 25.0 Å². The lowest BCUT2D eigenvalue weighted by Gasteiger charge is -2.29. The van der Waals surface area contributed by atoms with Gasteiger partial charge in [0.1, 0.15) is 5.69 Å². The summed E-state index contributed by atoms with van der Waals surface area (Å²) in [5.41, 5.74) is -0.546. The number of rotatable bonds is 6. The van der Waals surface area contributed by atoms with Crippen molar-refractivity contribution in [3.05, 3.63) is 23.8 Å². The Labute approximate surface area is 141 Å². The molecule has 1 saturated heterocycles. The highest BCUT2D eigenvalue weighted by Gasteiger charge is 2.25. The van der Waals surface area contributed by atoms with Gasteiger partial charge in [-0.05, 0) is 44.7 Å². The zero-order valence-electron chi connectivity index (χ0n) is 14.2. The van der Waals surface area contributed by atoms with E-state index >= 15 is 0 Å². The molecule has 0 radical (unpaired) electrons. The minimum absolute atomic E-state index is 0.0304. The minimum Gasteiger partial charge on any atom is -0.396 e. The van der Waals surface area contributed by atoms with Crippen LogP contribution in [-0.2, 0) is 0 Å². The van der Waals surface area contributed by atoms with E-state index in [0.717, 1.165) is 25.0 Å². The molecule has 1 aliphatic rings.